The van der Waals surface area contributed by atoms with E-state index in [2.05, 4.69) is 5.32 Å². The van der Waals surface area contributed by atoms with E-state index in [4.69, 9.17) is 9.47 Å². The number of hydrogen-bond acceptors (Lipinski definition) is 4. The number of hydrogen-bond donors (Lipinski definition) is 1. The molecule has 0 saturated carbocycles. The monoisotopic (exact) mass is 299 g/mol. The number of carbonyl (C=O) groups is 2. The zero-order valence-electron chi connectivity index (χ0n) is 12.4. The van der Waals surface area contributed by atoms with Crippen LogP contribution >= 0.6 is 0 Å². The number of amides is 1. The van der Waals surface area contributed by atoms with Crippen LogP contribution in [0.2, 0.25) is 0 Å². The molecule has 0 bridgehead atoms. The summed E-state index contributed by atoms with van der Waals surface area (Å²) in [4.78, 5) is 22.9. The molecule has 0 aromatic heterocycles. The predicted molar refractivity (Wildman–Crippen MR) is 82.9 cm³/mol. The minimum Gasteiger partial charge on any atom is -0.479 e. The average molecular weight is 299 g/mol. The number of esters is 1. The molecule has 0 saturated heterocycles. The topological polar surface area (TPSA) is 64.6 Å². The molecule has 0 aliphatic heterocycles. The zero-order valence-corrected chi connectivity index (χ0v) is 12.4. The van der Waals surface area contributed by atoms with Gasteiger partial charge in [0.1, 0.15) is 11.5 Å². The van der Waals surface area contributed by atoms with E-state index in [1.54, 1.807) is 43.3 Å². The Morgan fingerprint density at radius 3 is 2.18 bits per heavy atom. The van der Waals surface area contributed by atoms with Gasteiger partial charge >= 0.3 is 5.97 Å². The number of carbonyl (C=O) groups excluding carboxylic acids is 2. The molecule has 2 aromatic rings. The number of benzene rings is 2. The summed E-state index contributed by atoms with van der Waals surface area (Å²) in [6, 6.07) is 15.6. The summed E-state index contributed by atoms with van der Waals surface area (Å²) in [5.41, 5.74) is 0.640. The number of rotatable bonds is 5. The maximum absolute atomic E-state index is 12.0. The van der Waals surface area contributed by atoms with Crippen molar-refractivity contribution in [3.63, 3.8) is 0 Å². The van der Waals surface area contributed by atoms with Crippen LogP contribution in [0.3, 0.4) is 0 Å². The highest BCUT2D eigenvalue weighted by molar-refractivity contribution is 5.88. The lowest BCUT2D eigenvalue weighted by atomic mass is 10.3. The first-order valence-corrected chi connectivity index (χ1v) is 6.85. The van der Waals surface area contributed by atoms with Gasteiger partial charge < -0.3 is 14.8 Å². The smallest absolute Gasteiger partial charge is 0.352 e. The Hall–Kier alpha value is -2.82. The molecule has 1 N–H and O–H groups in total. The van der Waals surface area contributed by atoms with Gasteiger partial charge in [-0.05, 0) is 43.3 Å². The van der Waals surface area contributed by atoms with Crippen molar-refractivity contribution < 1.29 is 19.1 Å². The van der Waals surface area contributed by atoms with Crippen LogP contribution in [0.4, 0.5) is 5.69 Å². The lowest BCUT2D eigenvalue weighted by Crippen LogP contribution is -2.28. The lowest BCUT2D eigenvalue weighted by Gasteiger charge is -2.13. The van der Waals surface area contributed by atoms with Crippen molar-refractivity contribution >= 4 is 17.6 Å². The van der Waals surface area contributed by atoms with Crippen LogP contribution in [0.5, 0.6) is 11.5 Å². The fourth-order valence-electron chi connectivity index (χ4n) is 1.76. The van der Waals surface area contributed by atoms with Crippen LogP contribution in [0.25, 0.3) is 0 Å². The van der Waals surface area contributed by atoms with Crippen molar-refractivity contribution in [2.24, 2.45) is 0 Å². The highest BCUT2D eigenvalue weighted by Gasteiger charge is 2.17. The van der Waals surface area contributed by atoms with Gasteiger partial charge in [-0.25, -0.2) is 4.79 Å². The largest absolute Gasteiger partial charge is 0.479 e. The minimum atomic E-state index is -0.725. The van der Waals surface area contributed by atoms with Gasteiger partial charge in [-0.1, -0.05) is 18.2 Å². The molecule has 2 aromatic carbocycles. The second-order valence-electron chi connectivity index (χ2n) is 4.70. The molecule has 1 amide bonds. The Morgan fingerprint density at radius 2 is 1.59 bits per heavy atom. The number of ether oxygens (including phenoxy) is 2. The molecule has 114 valence electrons. The van der Waals surface area contributed by atoms with Gasteiger partial charge in [-0.15, -0.1) is 0 Å². The fourth-order valence-corrected chi connectivity index (χ4v) is 1.76. The summed E-state index contributed by atoms with van der Waals surface area (Å²) in [7, 11) is 0. The maximum atomic E-state index is 12.0. The van der Waals surface area contributed by atoms with Gasteiger partial charge in [0.2, 0.25) is 5.91 Å². The predicted octanol–water partition coefficient (Wildman–Crippen LogP) is 3.02. The first-order valence-electron chi connectivity index (χ1n) is 6.85. The van der Waals surface area contributed by atoms with Crippen LogP contribution in [0, 0.1) is 0 Å². The normalized spacial score (nSPS) is 11.4. The summed E-state index contributed by atoms with van der Waals surface area (Å²) in [5.74, 6) is 0.348. The summed E-state index contributed by atoms with van der Waals surface area (Å²) in [6.07, 6.45) is -0.725. The molecule has 1 atom stereocenters. The van der Waals surface area contributed by atoms with E-state index in [1.165, 1.54) is 6.92 Å². The van der Waals surface area contributed by atoms with Crippen molar-refractivity contribution in [2.75, 3.05) is 5.32 Å². The van der Waals surface area contributed by atoms with Crippen LogP contribution in [-0.4, -0.2) is 18.0 Å². The molecule has 0 aliphatic rings. The van der Waals surface area contributed by atoms with E-state index >= 15 is 0 Å². The zero-order chi connectivity index (χ0) is 15.9. The molecule has 0 spiro atoms. The van der Waals surface area contributed by atoms with E-state index in [0.717, 1.165) is 0 Å². The highest BCUT2D eigenvalue weighted by Crippen LogP contribution is 2.17. The second-order valence-corrected chi connectivity index (χ2v) is 4.70. The Bertz CT molecular complexity index is 637. The van der Waals surface area contributed by atoms with E-state index < -0.39 is 12.1 Å². The van der Waals surface area contributed by atoms with Gasteiger partial charge in [0.15, 0.2) is 6.10 Å². The SMILES string of the molecule is CC(=O)Nc1ccc(OC(=O)C(C)Oc2ccccc2)cc1. The third kappa shape index (κ3) is 4.63. The molecular formula is C17H17NO4. The third-order valence-corrected chi connectivity index (χ3v) is 2.78. The molecule has 0 heterocycles. The number of para-hydroxylation sites is 1. The van der Waals surface area contributed by atoms with E-state index in [-0.39, 0.29) is 5.91 Å². The van der Waals surface area contributed by atoms with Crippen LogP contribution < -0.4 is 14.8 Å². The molecule has 5 nitrogen and oxygen atoms in total. The third-order valence-electron chi connectivity index (χ3n) is 2.78. The van der Waals surface area contributed by atoms with Crippen molar-refractivity contribution in [1.82, 2.24) is 0 Å². The summed E-state index contributed by atoms with van der Waals surface area (Å²) in [6.45, 7) is 3.05. The van der Waals surface area contributed by atoms with Crippen molar-refractivity contribution in [1.29, 1.82) is 0 Å². The standard InChI is InChI=1S/C17H17NO4/c1-12(21-15-6-4-3-5-7-15)17(20)22-16-10-8-14(9-11-16)18-13(2)19/h3-12H,1-2H3,(H,18,19). The maximum Gasteiger partial charge on any atom is 0.352 e. The lowest BCUT2D eigenvalue weighted by molar-refractivity contribution is -0.141. The van der Waals surface area contributed by atoms with Gasteiger partial charge in [-0.2, -0.15) is 0 Å². The quantitative estimate of drug-likeness (QED) is 0.681. The molecule has 5 heteroatoms. The van der Waals surface area contributed by atoms with Gasteiger partial charge in [0, 0.05) is 12.6 Å². The Balaban J connectivity index is 1.92. The summed E-state index contributed by atoms with van der Waals surface area (Å²) >= 11 is 0. The molecular weight excluding hydrogens is 282 g/mol. The Morgan fingerprint density at radius 1 is 0.955 bits per heavy atom. The molecule has 1 unspecified atom stereocenters. The number of nitrogens with one attached hydrogen (secondary N) is 1. The van der Waals surface area contributed by atoms with Crippen molar-refractivity contribution in [3.05, 3.63) is 54.6 Å². The second kappa shape index (κ2) is 7.26. The Kier molecular flexibility index (Phi) is 5.14. The minimum absolute atomic E-state index is 0.158. The molecule has 0 aliphatic carbocycles. The van der Waals surface area contributed by atoms with Gasteiger partial charge in [0.25, 0.3) is 0 Å². The van der Waals surface area contributed by atoms with Crippen molar-refractivity contribution in [3.8, 4) is 11.5 Å². The average Bonchev–Trinajstić information content (AvgIpc) is 2.49. The summed E-state index contributed by atoms with van der Waals surface area (Å²) < 4.78 is 10.7. The molecule has 22 heavy (non-hydrogen) atoms. The molecule has 2 rings (SSSR count). The van der Waals surface area contributed by atoms with E-state index in [0.29, 0.717) is 17.2 Å². The summed E-state index contributed by atoms with van der Waals surface area (Å²) in [5, 5.41) is 2.64. The van der Waals surface area contributed by atoms with Gasteiger partial charge in [-0.3, -0.25) is 4.79 Å². The highest BCUT2D eigenvalue weighted by atomic mass is 16.6. The van der Waals surface area contributed by atoms with Crippen LogP contribution in [0.1, 0.15) is 13.8 Å². The fraction of sp³-hybridized carbons (Fsp3) is 0.176. The van der Waals surface area contributed by atoms with E-state index in [9.17, 15) is 9.59 Å². The first-order chi connectivity index (χ1) is 10.5. The van der Waals surface area contributed by atoms with Crippen LogP contribution in [0.15, 0.2) is 54.6 Å². The van der Waals surface area contributed by atoms with Crippen molar-refractivity contribution in [2.45, 2.75) is 20.0 Å². The number of anilines is 1. The Labute approximate surface area is 128 Å². The van der Waals surface area contributed by atoms with Gasteiger partial charge in [0.05, 0.1) is 0 Å². The van der Waals surface area contributed by atoms with E-state index in [1.807, 2.05) is 18.2 Å². The van der Waals surface area contributed by atoms with Crippen LogP contribution in [-0.2, 0) is 9.59 Å². The molecule has 0 fully saturated rings. The molecule has 0 radical (unpaired) electrons. The first kappa shape index (κ1) is 15.6.